The number of anilines is 1. The Hall–Kier alpha value is -1.43. The minimum absolute atomic E-state index is 0.744. The molecule has 0 radical (unpaired) electrons. The van der Waals surface area contributed by atoms with Gasteiger partial charge < -0.3 is 5.32 Å². The molecule has 2 heterocycles. The van der Waals surface area contributed by atoms with Crippen LogP contribution in [0.25, 0.3) is 0 Å². The number of hydrogen-bond acceptors (Lipinski definition) is 5. The molecule has 15 heavy (non-hydrogen) atoms. The second-order valence-corrected chi connectivity index (χ2v) is 4.54. The van der Waals surface area contributed by atoms with Gasteiger partial charge in [-0.15, -0.1) is 10.2 Å². The summed E-state index contributed by atoms with van der Waals surface area (Å²) in [5.74, 6) is 0. The fourth-order valence-corrected chi connectivity index (χ4v) is 1.84. The van der Waals surface area contributed by atoms with Gasteiger partial charge in [-0.3, -0.25) is 4.68 Å². The normalized spacial score (nSPS) is 10.6. The Morgan fingerprint density at radius 3 is 2.73 bits per heavy atom. The van der Waals surface area contributed by atoms with E-state index in [9.17, 15) is 0 Å². The maximum atomic E-state index is 4.18. The van der Waals surface area contributed by atoms with Crippen LogP contribution in [0.1, 0.15) is 16.3 Å². The highest BCUT2D eigenvalue weighted by molar-refractivity contribution is 7.15. The number of nitrogens with zero attached hydrogens (tertiary/aromatic N) is 4. The molecule has 2 rings (SSSR count). The predicted octanol–water partition coefficient (Wildman–Crippen LogP) is 1.50. The third-order valence-electron chi connectivity index (χ3n) is 2.29. The van der Waals surface area contributed by atoms with Crippen LogP contribution in [-0.2, 0) is 13.6 Å². The van der Waals surface area contributed by atoms with Crippen molar-refractivity contribution in [1.82, 2.24) is 20.0 Å². The van der Waals surface area contributed by atoms with Gasteiger partial charge in [-0.05, 0) is 13.8 Å². The van der Waals surface area contributed by atoms with Crippen LogP contribution in [-0.4, -0.2) is 20.0 Å². The molecule has 2 aromatic heterocycles. The average molecular weight is 223 g/mol. The first-order chi connectivity index (χ1) is 7.16. The number of hydrogen-bond donors (Lipinski definition) is 1. The van der Waals surface area contributed by atoms with Gasteiger partial charge >= 0.3 is 0 Å². The first-order valence-corrected chi connectivity index (χ1v) is 5.50. The lowest BCUT2D eigenvalue weighted by atomic mass is 10.2. The van der Waals surface area contributed by atoms with E-state index in [1.54, 1.807) is 11.3 Å². The summed E-state index contributed by atoms with van der Waals surface area (Å²) in [5.41, 5.74) is 2.36. The lowest BCUT2D eigenvalue weighted by Crippen LogP contribution is -2.01. The van der Waals surface area contributed by atoms with E-state index in [-0.39, 0.29) is 0 Å². The molecule has 0 unspecified atom stereocenters. The summed E-state index contributed by atoms with van der Waals surface area (Å²) in [7, 11) is 1.94. The molecule has 0 bridgehead atoms. The Bertz CT molecular complexity index is 459. The minimum Gasteiger partial charge on any atom is -0.356 e. The summed E-state index contributed by atoms with van der Waals surface area (Å²) < 4.78 is 1.86. The first kappa shape index (κ1) is 10.1. The van der Waals surface area contributed by atoms with Gasteiger partial charge in [0.05, 0.1) is 6.20 Å². The van der Waals surface area contributed by atoms with Crippen molar-refractivity contribution in [1.29, 1.82) is 0 Å². The topological polar surface area (TPSA) is 55.6 Å². The SMILES string of the molecule is Cc1nnc(NCc2cnn(C)c2C)s1. The molecule has 1 N–H and O–H groups in total. The Labute approximate surface area is 92.2 Å². The molecule has 0 aromatic carbocycles. The monoisotopic (exact) mass is 223 g/mol. The van der Waals surface area contributed by atoms with Crippen LogP contribution >= 0.6 is 11.3 Å². The smallest absolute Gasteiger partial charge is 0.205 e. The number of aryl methyl sites for hydroxylation is 2. The quantitative estimate of drug-likeness (QED) is 0.856. The molecule has 0 saturated carbocycles. The van der Waals surface area contributed by atoms with Crippen LogP contribution in [0, 0.1) is 13.8 Å². The summed E-state index contributed by atoms with van der Waals surface area (Å²) >= 11 is 1.56. The summed E-state index contributed by atoms with van der Waals surface area (Å²) in [6, 6.07) is 0. The van der Waals surface area contributed by atoms with Gasteiger partial charge in [0.15, 0.2) is 0 Å². The summed E-state index contributed by atoms with van der Waals surface area (Å²) in [6.45, 7) is 4.74. The summed E-state index contributed by atoms with van der Waals surface area (Å²) in [6.07, 6.45) is 1.87. The van der Waals surface area contributed by atoms with E-state index in [1.165, 1.54) is 11.3 Å². The van der Waals surface area contributed by atoms with E-state index in [0.29, 0.717) is 0 Å². The molecule has 0 aliphatic heterocycles. The molecule has 80 valence electrons. The molecule has 0 atom stereocenters. The third-order valence-corrected chi connectivity index (χ3v) is 3.09. The highest BCUT2D eigenvalue weighted by Gasteiger charge is 2.04. The minimum atomic E-state index is 0.744. The van der Waals surface area contributed by atoms with Crippen LogP contribution in [0.2, 0.25) is 0 Å². The Kier molecular flexibility index (Phi) is 2.68. The van der Waals surface area contributed by atoms with Crippen molar-refractivity contribution in [2.75, 3.05) is 5.32 Å². The van der Waals surface area contributed by atoms with Crippen molar-refractivity contribution in [2.45, 2.75) is 20.4 Å². The molecule has 0 aliphatic carbocycles. The maximum Gasteiger partial charge on any atom is 0.205 e. The van der Waals surface area contributed by atoms with Crippen molar-refractivity contribution in [3.8, 4) is 0 Å². The zero-order chi connectivity index (χ0) is 10.8. The second-order valence-electron chi connectivity index (χ2n) is 3.36. The van der Waals surface area contributed by atoms with Crippen molar-refractivity contribution >= 4 is 16.5 Å². The van der Waals surface area contributed by atoms with Crippen LogP contribution in [0.3, 0.4) is 0 Å². The van der Waals surface area contributed by atoms with E-state index in [4.69, 9.17) is 0 Å². The van der Waals surface area contributed by atoms with E-state index in [2.05, 4.69) is 27.5 Å². The van der Waals surface area contributed by atoms with Crippen molar-refractivity contribution in [3.05, 3.63) is 22.5 Å². The van der Waals surface area contributed by atoms with Gasteiger partial charge in [-0.25, -0.2) is 0 Å². The largest absolute Gasteiger partial charge is 0.356 e. The fourth-order valence-electron chi connectivity index (χ4n) is 1.26. The highest BCUT2D eigenvalue weighted by Crippen LogP contribution is 2.15. The van der Waals surface area contributed by atoms with Gasteiger partial charge in [-0.2, -0.15) is 5.10 Å². The Balaban J connectivity index is 2.02. The molecule has 0 fully saturated rings. The average Bonchev–Trinajstić information content (AvgIpc) is 2.74. The van der Waals surface area contributed by atoms with Crippen LogP contribution in [0.5, 0.6) is 0 Å². The molecule has 0 saturated heterocycles. The maximum absolute atomic E-state index is 4.18. The van der Waals surface area contributed by atoms with Crippen LogP contribution in [0.15, 0.2) is 6.20 Å². The second kappa shape index (κ2) is 3.98. The third kappa shape index (κ3) is 2.15. The molecular formula is C9H13N5S. The Morgan fingerprint density at radius 2 is 2.20 bits per heavy atom. The van der Waals surface area contributed by atoms with Crippen molar-refractivity contribution in [2.24, 2.45) is 7.05 Å². The van der Waals surface area contributed by atoms with Crippen LogP contribution < -0.4 is 5.32 Å². The van der Waals surface area contributed by atoms with Crippen molar-refractivity contribution < 1.29 is 0 Å². The number of aromatic nitrogens is 4. The molecule has 0 spiro atoms. The first-order valence-electron chi connectivity index (χ1n) is 4.68. The van der Waals surface area contributed by atoms with Gasteiger partial charge in [0.1, 0.15) is 5.01 Å². The van der Waals surface area contributed by atoms with Gasteiger partial charge in [0, 0.05) is 24.8 Å². The zero-order valence-corrected chi connectivity index (χ0v) is 9.80. The molecule has 0 aliphatic rings. The standard InChI is InChI=1S/C9H13N5S/c1-6-8(5-11-14(6)3)4-10-9-13-12-7(2)15-9/h5H,4H2,1-3H3,(H,10,13). The van der Waals surface area contributed by atoms with Gasteiger partial charge in [-0.1, -0.05) is 11.3 Å². The fraction of sp³-hybridized carbons (Fsp3) is 0.444. The lowest BCUT2D eigenvalue weighted by molar-refractivity contribution is 0.738. The highest BCUT2D eigenvalue weighted by atomic mass is 32.1. The van der Waals surface area contributed by atoms with Crippen molar-refractivity contribution in [3.63, 3.8) is 0 Å². The lowest BCUT2D eigenvalue weighted by Gasteiger charge is -2.01. The number of nitrogens with one attached hydrogen (secondary N) is 1. The van der Waals surface area contributed by atoms with E-state index < -0.39 is 0 Å². The van der Waals surface area contributed by atoms with E-state index in [0.717, 1.165) is 16.7 Å². The van der Waals surface area contributed by atoms with Gasteiger partial charge in [0.25, 0.3) is 0 Å². The molecule has 2 aromatic rings. The van der Waals surface area contributed by atoms with Crippen LogP contribution in [0.4, 0.5) is 5.13 Å². The Morgan fingerprint density at radius 1 is 1.40 bits per heavy atom. The molecule has 6 heteroatoms. The van der Waals surface area contributed by atoms with Gasteiger partial charge in [0.2, 0.25) is 5.13 Å². The molecule has 5 nitrogen and oxygen atoms in total. The predicted molar refractivity (Wildman–Crippen MR) is 59.9 cm³/mol. The van der Waals surface area contributed by atoms with E-state index in [1.807, 2.05) is 24.9 Å². The summed E-state index contributed by atoms with van der Waals surface area (Å²) in [4.78, 5) is 0. The zero-order valence-electron chi connectivity index (χ0n) is 8.98. The van der Waals surface area contributed by atoms with E-state index >= 15 is 0 Å². The number of rotatable bonds is 3. The molecule has 0 amide bonds. The molecular weight excluding hydrogens is 210 g/mol. The summed E-state index contributed by atoms with van der Waals surface area (Å²) in [5, 5.41) is 17.2.